The number of nitrogens with zero attached hydrogens (tertiary/aromatic N) is 2. The Morgan fingerprint density at radius 2 is 2.05 bits per heavy atom. The van der Waals surface area contributed by atoms with Gasteiger partial charge in [-0.1, -0.05) is 29.3 Å². The number of rotatable bonds is 3. The maximum atomic E-state index is 12.3. The van der Waals surface area contributed by atoms with Gasteiger partial charge < -0.3 is 0 Å². The van der Waals surface area contributed by atoms with Gasteiger partial charge in [-0.25, -0.2) is 0 Å². The number of carbonyl (C=O) groups is 1. The first-order valence-corrected chi connectivity index (χ1v) is 6.24. The van der Waals surface area contributed by atoms with Crippen molar-refractivity contribution in [3.63, 3.8) is 0 Å². The minimum Gasteiger partial charge on any atom is -0.293 e. The third-order valence-electron chi connectivity index (χ3n) is 2.37. The van der Waals surface area contributed by atoms with Crippen LogP contribution in [0, 0.1) is 0 Å². The van der Waals surface area contributed by atoms with Crippen LogP contribution in [0.4, 0.5) is 19.1 Å². The lowest BCUT2D eigenvalue weighted by atomic mass is 10.1. The molecule has 0 saturated carbocycles. The van der Waals surface area contributed by atoms with Gasteiger partial charge in [-0.3, -0.25) is 15.2 Å². The van der Waals surface area contributed by atoms with Crippen LogP contribution in [0.1, 0.15) is 11.4 Å². The average molecular weight is 339 g/mol. The van der Waals surface area contributed by atoms with Gasteiger partial charge >= 0.3 is 6.18 Å². The van der Waals surface area contributed by atoms with E-state index in [-0.39, 0.29) is 11.4 Å². The normalized spacial score (nSPS) is 11.5. The van der Waals surface area contributed by atoms with Crippen molar-refractivity contribution in [1.82, 2.24) is 15.2 Å². The van der Waals surface area contributed by atoms with E-state index in [4.69, 9.17) is 23.2 Å². The number of aromatic amines is 1. The number of amides is 1. The standard InChI is InChI=1S/C11H7Cl2F3N4O/c12-6-2-1-5(7(13)4-6)3-8(21)17-10-18-9(19-20-10)11(14,15)16/h1-2,4H,3H2,(H2,17,18,19,20,21). The fourth-order valence-corrected chi connectivity index (χ4v) is 1.93. The van der Waals surface area contributed by atoms with Gasteiger partial charge in [0.2, 0.25) is 17.7 Å². The molecule has 2 N–H and O–H groups in total. The molecule has 0 saturated heterocycles. The number of nitrogens with one attached hydrogen (secondary N) is 2. The predicted octanol–water partition coefficient (Wildman–Crippen LogP) is 3.31. The zero-order valence-electron chi connectivity index (χ0n) is 10.1. The average Bonchev–Trinajstić information content (AvgIpc) is 2.81. The highest BCUT2D eigenvalue weighted by Crippen LogP contribution is 2.26. The molecule has 0 aliphatic carbocycles. The molecule has 0 aliphatic rings. The summed E-state index contributed by atoms with van der Waals surface area (Å²) in [6.45, 7) is 0. The molecular weight excluding hydrogens is 332 g/mol. The molecule has 0 bridgehead atoms. The molecule has 1 aromatic heterocycles. The number of H-pyrrole nitrogens is 1. The second-order valence-corrected chi connectivity index (χ2v) is 4.81. The minimum absolute atomic E-state index is 0.147. The molecule has 0 spiro atoms. The van der Waals surface area contributed by atoms with Crippen molar-refractivity contribution in [2.24, 2.45) is 0 Å². The summed E-state index contributed by atoms with van der Waals surface area (Å²) in [5.41, 5.74) is 0.477. The van der Waals surface area contributed by atoms with Crippen molar-refractivity contribution in [2.75, 3.05) is 5.32 Å². The van der Waals surface area contributed by atoms with Gasteiger partial charge in [-0.15, -0.1) is 5.10 Å². The lowest BCUT2D eigenvalue weighted by Gasteiger charge is -2.04. The molecule has 2 aromatic rings. The van der Waals surface area contributed by atoms with Gasteiger partial charge in [-0.2, -0.15) is 18.2 Å². The summed E-state index contributed by atoms with van der Waals surface area (Å²) in [7, 11) is 0. The van der Waals surface area contributed by atoms with Gasteiger partial charge in [0.25, 0.3) is 0 Å². The van der Waals surface area contributed by atoms with Crippen molar-refractivity contribution in [3.8, 4) is 0 Å². The first-order valence-electron chi connectivity index (χ1n) is 5.49. The SMILES string of the molecule is O=C(Cc1ccc(Cl)cc1Cl)Nc1n[nH]c(C(F)(F)F)n1. The third-order valence-corrected chi connectivity index (χ3v) is 2.96. The molecular formula is C11H7Cl2F3N4O. The van der Waals surface area contributed by atoms with Crippen LogP contribution in [0.15, 0.2) is 18.2 Å². The van der Waals surface area contributed by atoms with Crippen molar-refractivity contribution in [1.29, 1.82) is 0 Å². The summed E-state index contributed by atoms with van der Waals surface area (Å²) in [6, 6.07) is 4.55. The van der Waals surface area contributed by atoms with Crippen LogP contribution in [-0.4, -0.2) is 21.1 Å². The van der Waals surface area contributed by atoms with Crippen LogP contribution in [0.25, 0.3) is 0 Å². The van der Waals surface area contributed by atoms with Gasteiger partial charge in [0.15, 0.2) is 0 Å². The molecule has 10 heteroatoms. The van der Waals surface area contributed by atoms with E-state index in [2.05, 4.69) is 15.4 Å². The Morgan fingerprint density at radius 1 is 1.33 bits per heavy atom. The Bertz CT molecular complexity index is 672. The summed E-state index contributed by atoms with van der Waals surface area (Å²) < 4.78 is 36.9. The fraction of sp³-hybridized carbons (Fsp3) is 0.182. The molecule has 1 amide bonds. The number of anilines is 1. The summed E-state index contributed by atoms with van der Waals surface area (Å²) in [5.74, 6) is -2.35. The third kappa shape index (κ3) is 4.08. The Hall–Kier alpha value is -1.80. The molecule has 2 rings (SSSR count). The van der Waals surface area contributed by atoms with E-state index in [1.807, 2.05) is 0 Å². The molecule has 0 fully saturated rings. The topological polar surface area (TPSA) is 70.7 Å². The largest absolute Gasteiger partial charge is 0.451 e. The van der Waals surface area contributed by atoms with E-state index >= 15 is 0 Å². The fourth-order valence-electron chi connectivity index (χ4n) is 1.45. The zero-order chi connectivity index (χ0) is 15.6. The molecule has 0 aliphatic heterocycles. The van der Waals surface area contributed by atoms with Crippen molar-refractivity contribution < 1.29 is 18.0 Å². The van der Waals surface area contributed by atoms with Crippen molar-refractivity contribution in [2.45, 2.75) is 12.6 Å². The molecule has 112 valence electrons. The summed E-state index contributed by atoms with van der Waals surface area (Å²) in [5, 5.41) is 7.78. The molecule has 1 heterocycles. The maximum Gasteiger partial charge on any atom is 0.451 e. The molecule has 21 heavy (non-hydrogen) atoms. The minimum atomic E-state index is -4.66. The Morgan fingerprint density at radius 3 is 2.62 bits per heavy atom. The molecule has 5 nitrogen and oxygen atoms in total. The predicted molar refractivity (Wildman–Crippen MR) is 70.2 cm³/mol. The van der Waals surface area contributed by atoms with Crippen LogP contribution in [0.2, 0.25) is 10.0 Å². The van der Waals surface area contributed by atoms with Crippen LogP contribution in [-0.2, 0) is 17.4 Å². The number of hydrogen-bond acceptors (Lipinski definition) is 3. The van der Waals surface area contributed by atoms with Crippen molar-refractivity contribution in [3.05, 3.63) is 39.6 Å². The van der Waals surface area contributed by atoms with Crippen LogP contribution in [0.5, 0.6) is 0 Å². The number of benzene rings is 1. The van der Waals surface area contributed by atoms with Gasteiger partial charge in [0.1, 0.15) is 0 Å². The van der Waals surface area contributed by atoms with E-state index in [1.54, 1.807) is 17.2 Å². The number of carbonyl (C=O) groups excluding carboxylic acids is 1. The Labute approximate surface area is 126 Å². The van der Waals surface area contributed by atoms with Gasteiger partial charge in [0, 0.05) is 10.0 Å². The van der Waals surface area contributed by atoms with Crippen molar-refractivity contribution >= 4 is 35.1 Å². The highest BCUT2D eigenvalue weighted by atomic mass is 35.5. The molecule has 0 unspecified atom stereocenters. The lowest BCUT2D eigenvalue weighted by molar-refractivity contribution is -0.144. The number of hydrogen-bond donors (Lipinski definition) is 2. The van der Waals surface area contributed by atoms with Gasteiger partial charge in [-0.05, 0) is 17.7 Å². The Kier molecular flexibility index (Phi) is 4.38. The van der Waals surface area contributed by atoms with E-state index in [1.165, 1.54) is 6.07 Å². The second kappa shape index (κ2) is 5.90. The van der Waals surface area contributed by atoms with E-state index in [9.17, 15) is 18.0 Å². The van der Waals surface area contributed by atoms with E-state index < -0.39 is 23.9 Å². The first kappa shape index (κ1) is 15.6. The van der Waals surface area contributed by atoms with E-state index in [0.717, 1.165) is 0 Å². The highest BCUT2D eigenvalue weighted by molar-refractivity contribution is 6.35. The molecule has 0 radical (unpaired) electrons. The highest BCUT2D eigenvalue weighted by Gasteiger charge is 2.35. The van der Waals surface area contributed by atoms with Crippen LogP contribution in [0.3, 0.4) is 0 Å². The Balaban J connectivity index is 2.03. The number of aromatic nitrogens is 3. The second-order valence-electron chi connectivity index (χ2n) is 3.97. The number of halogens is 5. The first-order chi connectivity index (χ1) is 9.75. The number of alkyl halides is 3. The van der Waals surface area contributed by atoms with Crippen LogP contribution >= 0.6 is 23.2 Å². The van der Waals surface area contributed by atoms with E-state index in [0.29, 0.717) is 10.6 Å². The molecule has 1 aromatic carbocycles. The maximum absolute atomic E-state index is 12.3. The molecule has 0 atom stereocenters. The summed E-state index contributed by atoms with van der Waals surface area (Å²) in [6.07, 6.45) is -4.80. The smallest absolute Gasteiger partial charge is 0.293 e. The quantitative estimate of drug-likeness (QED) is 0.901. The van der Waals surface area contributed by atoms with Crippen LogP contribution < -0.4 is 5.32 Å². The summed E-state index contributed by atoms with van der Waals surface area (Å²) >= 11 is 11.6. The monoisotopic (exact) mass is 338 g/mol. The van der Waals surface area contributed by atoms with Gasteiger partial charge in [0.05, 0.1) is 6.42 Å². The zero-order valence-corrected chi connectivity index (χ0v) is 11.6. The summed E-state index contributed by atoms with van der Waals surface area (Å²) in [4.78, 5) is 14.8. The lowest BCUT2D eigenvalue weighted by Crippen LogP contribution is -2.16.